The van der Waals surface area contributed by atoms with Crippen molar-refractivity contribution in [2.75, 3.05) is 26.7 Å². The van der Waals surface area contributed by atoms with Gasteiger partial charge in [0.05, 0.1) is 0 Å². The molecule has 6 nitrogen and oxygen atoms in total. The molecule has 2 N–H and O–H groups in total. The molecule has 0 bridgehead atoms. The number of carbonyl (C=O) groups excluding carboxylic acids is 1. The van der Waals surface area contributed by atoms with Crippen LogP contribution in [0.3, 0.4) is 0 Å². The summed E-state index contributed by atoms with van der Waals surface area (Å²) in [6, 6.07) is -0.665. The monoisotopic (exact) mass is 295 g/mol. The third-order valence-electron chi connectivity index (χ3n) is 5.36. The van der Waals surface area contributed by atoms with Crippen LogP contribution < -0.4 is 5.32 Å². The first-order valence-electron chi connectivity index (χ1n) is 8.04. The Morgan fingerprint density at radius 1 is 1.14 bits per heavy atom. The number of likely N-dealkylation sites (tertiary alicyclic amines) is 2. The highest BCUT2D eigenvalue weighted by atomic mass is 16.4. The lowest BCUT2D eigenvalue weighted by atomic mass is 9.94. The van der Waals surface area contributed by atoms with Crippen molar-refractivity contribution in [1.82, 2.24) is 15.1 Å². The minimum absolute atomic E-state index is 0.145. The van der Waals surface area contributed by atoms with Gasteiger partial charge in [0.1, 0.15) is 6.04 Å². The molecule has 3 fully saturated rings. The van der Waals surface area contributed by atoms with Gasteiger partial charge in [0.25, 0.3) is 0 Å². The first-order chi connectivity index (χ1) is 10.1. The predicted molar refractivity (Wildman–Crippen MR) is 78.0 cm³/mol. The predicted octanol–water partition coefficient (Wildman–Crippen LogP) is 0.975. The highest BCUT2D eigenvalue weighted by molar-refractivity contribution is 5.84. The summed E-state index contributed by atoms with van der Waals surface area (Å²) >= 11 is 0. The average Bonchev–Trinajstić information content (AvgIpc) is 2.97. The summed E-state index contributed by atoms with van der Waals surface area (Å²) < 4.78 is 0. The van der Waals surface area contributed by atoms with Gasteiger partial charge >= 0.3 is 12.0 Å². The lowest BCUT2D eigenvalue weighted by Crippen LogP contribution is -2.53. The number of piperidine rings is 1. The molecule has 2 saturated heterocycles. The number of nitrogens with one attached hydrogen (secondary N) is 1. The van der Waals surface area contributed by atoms with Crippen LogP contribution in [0.2, 0.25) is 0 Å². The van der Waals surface area contributed by atoms with Crippen molar-refractivity contribution in [1.29, 1.82) is 0 Å². The summed E-state index contributed by atoms with van der Waals surface area (Å²) in [5.74, 6) is -0.312. The second-order valence-electron chi connectivity index (χ2n) is 6.84. The third-order valence-corrected chi connectivity index (χ3v) is 5.36. The zero-order chi connectivity index (χ0) is 15.0. The lowest BCUT2D eigenvalue weighted by molar-refractivity contribution is -0.142. The van der Waals surface area contributed by atoms with Gasteiger partial charge in [-0.05, 0) is 51.1 Å². The van der Waals surface area contributed by atoms with E-state index in [-0.39, 0.29) is 18.0 Å². The molecule has 1 aliphatic carbocycles. The molecule has 2 amide bonds. The van der Waals surface area contributed by atoms with Gasteiger partial charge in [0.15, 0.2) is 0 Å². The zero-order valence-electron chi connectivity index (χ0n) is 12.6. The van der Waals surface area contributed by atoms with Gasteiger partial charge in [-0.1, -0.05) is 6.42 Å². The second kappa shape index (κ2) is 5.83. The maximum atomic E-state index is 12.5. The van der Waals surface area contributed by atoms with Crippen LogP contribution in [0.4, 0.5) is 4.79 Å². The quantitative estimate of drug-likeness (QED) is 0.796. The number of fused-ring (bicyclic) bond motifs is 1. The molecule has 118 valence electrons. The Balaban J connectivity index is 1.64. The number of rotatable bonds is 2. The van der Waals surface area contributed by atoms with Gasteiger partial charge in [-0.2, -0.15) is 0 Å². The molecule has 0 aromatic carbocycles. The summed E-state index contributed by atoms with van der Waals surface area (Å²) in [5.41, 5.74) is 0. The molecule has 2 heterocycles. The van der Waals surface area contributed by atoms with E-state index in [0.29, 0.717) is 12.5 Å². The van der Waals surface area contributed by atoms with E-state index in [9.17, 15) is 14.7 Å². The highest BCUT2D eigenvalue weighted by Crippen LogP contribution is 2.42. The summed E-state index contributed by atoms with van der Waals surface area (Å²) in [4.78, 5) is 27.9. The Morgan fingerprint density at radius 2 is 1.95 bits per heavy atom. The topological polar surface area (TPSA) is 72.9 Å². The number of hydrogen-bond donors (Lipinski definition) is 2. The highest BCUT2D eigenvalue weighted by Gasteiger charge is 2.49. The first-order valence-corrected chi connectivity index (χ1v) is 8.04. The molecule has 0 radical (unpaired) electrons. The molecule has 6 heteroatoms. The molecular weight excluding hydrogens is 270 g/mol. The maximum Gasteiger partial charge on any atom is 0.326 e. The van der Waals surface area contributed by atoms with E-state index in [2.05, 4.69) is 17.3 Å². The number of amides is 2. The standard InChI is InChI=1S/C15H25N3O3/c1-17-7-3-5-11(9-17)16-15(21)18-8-10-4-2-6-12(10)13(18)14(19)20/h10-13H,2-9H2,1H3,(H,16,21)(H,19,20). The van der Waals surface area contributed by atoms with Crippen molar-refractivity contribution in [3.05, 3.63) is 0 Å². The van der Waals surface area contributed by atoms with E-state index < -0.39 is 12.0 Å². The summed E-state index contributed by atoms with van der Waals surface area (Å²) in [6.45, 7) is 2.53. The van der Waals surface area contributed by atoms with Gasteiger partial charge in [-0.25, -0.2) is 9.59 Å². The summed E-state index contributed by atoms with van der Waals surface area (Å²) in [5, 5.41) is 12.5. The van der Waals surface area contributed by atoms with Crippen molar-refractivity contribution >= 4 is 12.0 Å². The number of aliphatic carboxylic acids is 1. The number of carboxylic acid groups (broad SMARTS) is 1. The van der Waals surface area contributed by atoms with E-state index in [1.54, 1.807) is 4.90 Å². The van der Waals surface area contributed by atoms with Crippen LogP contribution in [0.25, 0.3) is 0 Å². The smallest absolute Gasteiger partial charge is 0.326 e. The number of urea groups is 1. The normalized spacial score (nSPS) is 36.5. The van der Waals surface area contributed by atoms with Gasteiger partial charge in [-0.15, -0.1) is 0 Å². The average molecular weight is 295 g/mol. The van der Waals surface area contributed by atoms with E-state index in [4.69, 9.17) is 0 Å². The van der Waals surface area contributed by atoms with Crippen LogP contribution in [0.1, 0.15) is 32.1 Å². The van der Waals surface area contributed by atoms with Gasteiger partial charge in [0, 0.05) is 19.1 Å². The van der Waals surface area contributed by atoms with Crippen LogP contribution in [0.5, 0.6) is 0 Å². The summed E-state index contributed by atoms with van der Waals surface area (Å²) in [6.07, 6.45) is 5.16. The molecule has 0 aromatic heterocycles. The van der Waals surface area contributed by atoms with Crippen molar-refractivity contribution in [3.8, 4) is 0 Å². The number of carboxylic acids is 1. The zero-order valence-corrected chi connectivity index (χ0v) is 12.6. The second-order valence-corrected chi connectivity index (χ2v) is 6.84. The molecule has 3 rings (SSSR count). The van der Waals surface area contributed by atoms with Crippen LogP contribution in [-0.2, 0) is 4.79 Å². The van der Waals surface area contributed by atoms with Crippen molar-refractivity contribution in [2.45, 2.75) is 44.2 Å². The van der Waals surface area contributed by atoms with E-state index in [1.807, 2.05) is 0 Å². The van der Waals surface area contributed by atoms with Crippen molar-refractivity contribution in [3.63, 3.8) is 0 Å². The molecule has 21 heavy (non-hydrogen) atoms. The number of likely N-dealkylation sites (N-methyl/N-ethyl adjacent to an activating group) is 1. The molecule has 2 aliphatic heterocycles. The van der Waals surface area contributed by atoms with E-state index >= 15 is 0 Å². The third kappa shape index (κ3) is 2.86. The first kappa shape index (κ1) is 14.6. The number of nitrogens with zero attached hydrogens (tertiary/aromatic N) is 2. The molecule has 0 spiro atoms. The number of carbonyl (C=O) groups is 2. The molecular formula is C15H25N3O3. The Hall–Kier alpha value is -1.30. The van der Waals surface area contributed by atoms with Crippen LogP contribution in [0, 0.1) is 11.8 Å². The molecule has 1 saturated carbocycles. The Bertz CT molecular complexity index is 428. The molecule has 4 unspecified atom stereocenters. The van der Waals surface area contributed by atoms with E-state index in [1.165, 1.54) is 0 Å². The fraction of sp³-hybridized carbons (Fsp3) is 0.867. The Morgan fingerprint density at radius 3 is 2.67 bits per heavy atom. The van der Waals surface area contributed by atoms with Crippen LogP contribution >= 0.6 is 0 Å². The fourth-order valence-electron chi connectivity index (χ4n) is 4.37. The fourth-order valence-corrected chi connectivity index (χ4v) is 4.37. The lowest BCUT2D eigenvalue weighted by Gasteiger charge is -2.32. The van der Waals surface area contributed by atoms with Crippen molar-refractivity contribution < 1.29 is 14.7 Å². The Kier molecular flexibility index (Phi) is 4.06. The molecule has 3 aliphatic rings. The largest absolute Gasteiger partial charge is 0.480 e. The van der Waals surface area contributed by atoms with Gasteiger partial charge in [-0.3, -0.25) is 0 Å². The molecule has 4 atom stereocenters. The van der Waals surface area contributed by atoms with Gasteiger partial charge in [0.2, 0.25) is 0 Å². The van der Waals surface area contributed by atoms with Crippen LogP contribution in [0.15, 0.2) is 0 Å². The van der Waals surface area contributed by atoms with Crippen molar-refractivity contribution in [2.24, 2.45) is 11.8 Å². The Labute approximate surface area is 125 Å². The van der Waals surface area contributed by atoms with Crippen LogP contribution in [-0.4, -0.2) is 65.7 Å². The number of hydrogen-bond acceptors (Lipinski definition) is 3. The van der Waals surface area contributed by atoms with E-state index in [0.717, 1.165) is 45.2 Å². The van der Waals surface area contributed by atoms with Gasteiger partial charge < -0.3 is 20.2 Å². The molecule has 0 aromatic rings. The maximum absolute atomic E-state index is 12.5. The minimum Gasteiger partial charge on any atom is -0.480 e. The SMILES string of the molecule is CN1CCCC(NC(=O)N2CC3CCCC3C2C(=O)O)C1. The minimum atomic E-state index is -0.847. The summed E-state index contributed by atoms with van der Waals surface area (Å²) in [7, 11) is 2.05.